The minimum absolute atomic E-state index is 0. The Hall–Kier alpha value is 9.82. The van der Waals surface area contributed by atoms with Gasteiger partial charge in [-0.25, -0.2) is 0 Å². The van der Waals surface area contributed by atoms with Crippen molar-refractivity contribution in [2.75, 3.05) is 0 Å². The molecule has 24 heavy (non-hydrogen) atoms. The topological polar surface area (TPSA) is 259 Å². The molecule has 0 spiro atoms. The van der Waals surface area contributed by atoms with Gasteiger partial charge in [0.25, 0.3) is 0 Å². The van der Waals surface area contributed by atoms with Gasteiger partial charge in [0, 0.05) is 0 Å². The Bertz CT molecular complexity index is 238. The Kier molecular flexibility index (Phi) is 137. The standard InChI is InChI=1S/2Ba.2Ca.3ClH.3H3O4P.2Sr/c;;;;;;;3*1-5(2,3)4;;/h;;;;3*1H;3*(H3,1,2,3,4);;/q4*+2;;;;;;;2*+2/p-12. The van der Waals surface area contributed by atoms with Crippen molar-refractivity contribution in [1.29, 1.82) is 0 Å². The molecular weight excluding hydrogens is 921 g/mol. The van der Waals surface area contributed by atoms with Crippen LogP contribution in [-0.2, 0) is 13.7 Å². The second-order valence-electron chi connectivity index (χ2n) is 1.34. The molecule has 0 amide bonds. The number of halogens is 3. The molecule has 0 aromatic carbocycles. The van der Waals surface area contributed by atoms with Crippen LogP contribution in [0.4, 0.5) is 0 Å². The predicted molar refractivity (Wildman–Crippen MR) is 57.3 cm³/mol. The molecule has 0 saturated carbocycles. The monoisotopic (exact) mass is 921 g/mol. The van der Waals surface area contributed by atoms with Crippen LogP contribution in [0.5, 0.6) is 0 Å². The quantitative estimate of drug-likeness (QED) is 0.162. The fourth-order valence-corrected chi connectivity index (χ4v) is 0. The largest absolute Gasteiger partial charge is 2.00 e. The van der Waals surface area contributed by atoms with E-state index in [9.17, 15) is 0 Å². The van der Waals surface area contributed by atoms with Crippen molar-refractivity contribution in [1.82, 2.24) is 0 Å². The summed E-state index contributed by atoms with van der Waals surface area (Å²) in [5.74, 6) is 0. The molecule has 0 fully saturated rings. The van der Waals surface area contributed by atoms with Crippen LogP contribution in [0, 0.1) is 0 Å². The summed E-state index contributed by atoms with van der Waals surface area (Å²) in [5.41, 5.74) is 0. The van der Waals surface area contributed by atoms with Crippen LogP contribution < -0.4 is 81.3 Å². The molecule has 0 radical (unpaired) electrons. The van der Waals surface area contributed by atoms with Crippen LogP contribution >= 0.6 is 23.5 Å². The number of hydrogen-bond donors (Lipinski definition) is 0. The van der Waals surface area contributed by atoms with Gasteiger partial charge in [-0.05, 0) is 0 Å². The minimum Gasteiger partial charge on any atom is -1.00 e. The van der Waals surface area contributed by atoms with Gasteiger partial charge in [0.15, 0.2) is 0 Å². The zero-order chi connectivity index (χ0) is 13.5. The smallest absolute Gasteiger partial charge is 1.00 e. The number of phosphoric acid groups is 3. The van der Waals surface area contributed by atoms with Crippen molar-refractivity contribution >= 4 is 288 Å². The molecule has 0 bridgehead atoms. The van der Waals surface area contributed by atoms with Crippen molar-refractivity contribution in [3.05, 3.63) is 0 Å². The van der Waals surface area contributed by atoms with Crippen molar-refractivity contribution in [2.24, 2.45) is 0 Å². The second kappa shape index (κ2) is 42.9. The van der Waals surface area contributed by atoms with E-state index in [0.29, 0.717) is 0 Å². The van der Waals surface area contributed by atoms with E-state index < -0.39 is 23.5 Å². The summed E-state index contributed by atoms with van der Waals surface area (Å²) < 4.78 is 25.6. The van der Waals surface area contributed by atoms with Gasteiger partial charge >= 0.3 is 264 Å². The molecule has 0 N–H and O–H groups in total. The molecule has 0 unspecified atom stereocenters. The first-order chi connectivity index (χ1) is 6.00. The maximum atomic E-state index is 8.55. The SMILES string of the molecule is O=P([O-])([O-])[O-].O=P([O-])([O-])[O-].O=P([O-])([O-])[O-].[Ba+2].[Ba+2].[Ca+2].[Ca+2].[Cl-].[Cl-].[Cl-].[Sr+2].[Sr+2]. The van der Waals surface area contributed by atoms with E-state index in [1.165, 1.54) is 0 Å². The van der Waals surface area contributed by atoms with Gasteiger partial charge in [-0.2, -0.15) is 23.5 Å². The molecule has 12 nitrogen and oxygen atoms in total. The average Bonchev–Trinajstić information content (AvgIpc) is 1.41. The van der Waals surface area contributed by atoms with Crippen molar-refractivity contribution < 1.29 is 95.0 Å². The summed E-state index contributed by atoms with van der Waals surface area (Å²) in [6.45, 7) is 0. The maximum Gasteiger partial charge on any atom is 2.00 e. The van der Waals surface area contributed by atoms with E-state index in [2.05, 4.69) is 0 Å². The first kappa shape index (κ1) is 76.5. The minimum atomic E-state index is -5.39. The molecule has 0 aromatic heterocycles. The normalized spacial score (nSPS) is 7.38. The summed E-state index contributed by atoms with van der Waals surface area (Å²) in [6.07, 6.45) is 0. The average molecular weight is 921 g/mol. The van der Waals surface area contributed by atoms with Crippen LogP contribution in [-0.4, -0.2) is 264 Å². The van der Waals surface area contributed by atoms with Crippen LogP contribution in [0.25, 0.3) is 0 Å². The van der Waals surface area contributed by atoms with Gasteiger partial charge in [-0.3, -0.25) is 0 Å². The summed E-state index contributed by atoms with van der Waals surface area (Å²) in [5, 5.41) is 0. The molecule has 24 heteroatoms. The van der Waals surface area contributed by atoms with Crippen LogP contribution in [0.15, 0.2) is 0 Å². The number of hydrogen-bond acceptors (Lipinski definition) is 12. The van der Waals surface area contributed by atoms with Gasteiger partial charge in [-0.15, -0.1) is 0 Å². The van der Waals surface area contributed by atoms with Crippen molar-refractivity contribution in [3.8, 4) is 0 Å². The van der Waals surface area contributed by atoms with Gasteiger partial charge in [0.05, 0.1) is 0 Å². The maximum absolute atomic E-state index is 8.55. The molecule has 0 aliphatic heterocycles. The van der Waals surface area contributed by atoms with E-state index in [0.717, 1.165) is 0 Å². The third kappa shape index (κ3) is 313. The molecule has 120 valence electrons. The molecular formula is Ba2Ca2Cl3O12P3Sr2. The van der Waals surface area contributed by atoms with Gasteiger partial charge in [0.2, 0.25) is 0 Å². The van der Waals surface area contributed by atoms with E-state index in [1.54, 1.807) is 0 Å². The zero-order valence-electron chi connectivity index (χ0n) is 11.6. The molecule has 0 saturated heterocycles. The molecule has 0 heterocycles. The van der Waals surface area contributed by atoms with Gasteiger partial charge < -0.3 is 95.0 Å². The van der Waals surface area contributed by atoms with Crippen molar-refractivity contribution in [2.45, 2.75) is 0 Å². The number of rotatable bonds is 0. The van der Waals surface area contributed by atoms with E-state index in [4.69, 9.17) is 57.7 Å². The summed E-state index contributed by atoms with van der Waals surface area (Å²) >= 11 is 0. The van der Waals surface area contributed by atoms with Crippen LogP contribution in [0.1, 0.15) is 0 Å². The third-order valence-electron chi connectivity index (χ3n) is 0. The fraction of sp³-hybridized carbons (Fsp3) is 0. The Morgan fingerprint density at radius 3 is 0.417 bits per heavy atom. The Labute approximate surface area is 371 Å². The molecule has 0 aliphatic rings. The molecule has 0 rings (SSSR count). The van der Waals surface area contributed by atoms with E-state index in [1.807, 2.05) is 0 Å². The Morgan fingerprint density at radius 2 is 0.417 bits per heavy atom. The van der Waals surface area contributed by atoms with E-state index >= 15 is 0 Å². The molecule has 0 aromatic rings. The molecule has 0 aliphatic carbocycles. The first-order valence-corrected chi connectivity index (χ1v) is 6.57. The van der Waals surface area contributed by atoms with Gasteiger partial charge in [0.1, 0.15) is 0 Å². The summed E-state index contributed by atoms with van der Waals surface area (Å²) in [4.78, 5) is 76.9. The van der Waals surface area contributed by atoms with Gasteiger partial charge in [-0.1, -0.05) is 0 Å². The predicted octanol–water partition coefficient (Wildman–Crippen LogP) is -19.7. The van der Waals surface area contributed by atoms with Crippen molar-refractivity contribution in [3.63, 3.8) is 0 Å². The Balaban J connectivity index is -0.00000000758. The fourth-order valence-electron chi connectivity index (χ4n) is 0. The van der Waals surface area contributed by atoms with E-state index in [-0.39, 0.29) is 301 Å². The second-order valence-corrected chi connectivity index (χ2v) is 4.02. The molecule has 0 atom stereocenters. The van der Waals surface area contributed by atoms with Crippen LogP contribution in [0.3, 0.4) is 0 Å². The summed E-state index contributed by atoms with van der Waals surface area (Å²) in [6, 6.07) is 0. The third-order valence-corrected chi connectivity index (χ3v) is 0. The summed E-state index contributed by atoms with van der Waals surface area (Å²) in [7, 11) is -16.2. The Morgan fingerprint density at radius 1 is 0.417 bits per heavy atom. The zero-order valence-corrected chi connectivity index (χ0v) is 36.8. The van der Waals surface area contributed by atoms with Crippen LogP contribution in [0.2, 0.25) is 0 Å². The first-order valence-electron chi connectivity index (χ1n) is 2.19.